The SMILES string of the molecule is CCCCOc1ccc(C(=O)NNC(=O)C2CC(=O)N(c3cccc(OC)c3)C2)cc1OC. The zero-order valence-corrected chi connectivity index (χ0v) is 19.1. The van der Waals surface area contributed by atoms with Crippen molar-refractivity contribution in [3.63, 3.8) is 0 Å². The molecule has 3 amide bonds. The number of nitrogens with one attached hydrogen (secondary N) is 2. The highest BCUT2D eigenvalue weighted by Gasteiger charge is 2.35. The first-order valence-electron chi connectivity index (χ1n) is 10.8. The summed E-state index contributed by atoms with van der Waals surface area (Å²) >= 11 is 0. The molecule has 1 atom stereocenters. The standard InChI is InChI=1S/C24H29N3O6/c1-4-5-11-33-20-10-9-16(12-21(20)32-3)23(29)25-26-24(30)17-13-22(28)27(15-17)18-7-6-8-19(14-18)31-2/h6-10,12,14,17H,4-5,11,13,15H2,1-3H3,(H,25,29)(H,26,30). The molecule has 1 aliphatic heterocycles. The summed E-state index contributed by atoms with van der Waals surface area (Å²) < 4.78 is 16.2. The van der Waals surface area contributed by atoms with Crippen LogP contribution in [0.5, 0.6) is 17.2 Å². The second-order valence-electron chi connectivity index (χ2n) is 7.62. The topological polar surface area (TPSA) is 106 Å². The number of hydrazine groups is 1. The van der Waals surface area contributed by atoms with Gasteiger partial charge in [-0.3, -0.25) is 25.2 Å². The molecule has 3 rings (SSSR count). The number of methoxy groups -OCH3 is 2. The minimum absolute atomic E-state index is 0.0521. The predicted octanol–water partition coefficient (Wildman–Crippen LogP) is 2.70. The third-order valence-electron chi connectivity index (χ3n) is 5.34. The molecule has 9 heteroatoms. The van der Waals surface area contributed by atoms with Gasteiger partial charge in [0.2, 0.25) is 11.8 Å². The number of carbonyl (C=O) groups is 3. The Morgan fingerprint density at radius 1 is 1.06 bits per heavy atom. The Bertz CT molecular complexity index is 1010. The highest BCUT2D eigenvalue weighted by molar-refractivity contribution is 6.01. The lowest BCUT2D eigenvalue weighted by atomic mass is 10.1. The maximum Gasteiger partial charge on any atom is 0.269 e. The second kappa shape index (κ2) is 11.2. The van der Waals surface area contributed by atoms with E-state index in [-0.39, 0.29) is 18.9 Å². The van der Waals surface area contributed by atoms with E-state index in [2.05, 4.69) is 17.8 Å². The summed E-state index contributed by atoms with van der Waals surface area (Å²) in [6.45, 7) is 2.84. The largest absolute Gasteiger partial charge is 0.497 e. The number of hydrogen-bond acceptors (Lipinski definition) is 6. The van der Waals surface area contributed by atoms with Crippen molar-refractivity contribution in [2.24, 2.45) is 5.92 Å². The Hall–Kier alpha value is -3.75. The average molecular weight is 456 g/mol. The lowest BCUT2D eigenvalue weighted by molar-refractivity contribution is -0.126. The number of unbranched alkanes of at least 4 members (excludes halogenated alkanes) is 1. The summed E-state index contributed by atoms with van der Waals surface area (Å²) in [4.78, 5) is 39.1. The number of anilines is 1. The molecular formula is C24H29N3O6. The van der Waals surface area contributed by atoms with E-state index in [9.17, 15) is 14.4 Å². The minimum Gasteiger partial charge on any atom is -0.497 e. The molecule has 33 heavy (non-hydrogen) atoms. The van der Waals surface area contributed by atoms with Crippen LogP contribution in [0.2, 0.25) is 0 Å². The fourth-order valence-corrected chi connectivity index (χ4v) is 3.46. The smallest absolute Gasteiger partial charge is 0.269 e. The van der Waals surface area contributed by atoms with Gasteiger partial charge < -0.3 is 19.1 Å². The molecule has 0 spiro atoms. The maximum absolute atomic E-state index is 12.6. The molecule has 2 aromatic carbocycles. The van der Waals surface area contributed by atoms with Gasteiger partial charge in [0.15, 0.2) is 11.5 Å². The first-order chi connectivity index (χ1) is 16.0. The van der Waals surface area contributed by atoms with Crippen LogP contribution >= 0.6 is 0 Å². The van der Waals surface area contributed by atoms with Gasteiger partial charge in [-0.1, -0.05) is 19.4 Å². The summed E-state index contributed by atoms with van der Waals surface area (Å²) in [5.41, 5.74) is 5.78. The van der Waals surface area contributed by atoms with Crippen molar-refractivity contribution < 1.29 is 28.6 Å². The molecule has 1 aliphatic rings. The van der Waals surface area contributed by atoms with Crippen molar-refractivity contribution >= 4 is 23.4 Å². The van der Waals surface area contributed by atoms with Crippen LogP contribution in [0.4, 0.5) is 5.69 Å². The van der Waals surface area contributed by atoms with E-state index >= 15 is 0 Å². The number of benzene rings is 2. The summed E-state index contributed by atoms with van der Waals surface area (Å²) in [5.74, 6) is -0.0953. The number of ether oxygens (including phenoxy) is 3. The van der Waals surface area contributed by atoms with Crippen molar-refractivity contribution in [2.45, 2.75) is 26.2 Å². The zero-order valence-electron chi connectivity index (χ0n) is 19.1. The normalized spacial score (nSPS) is 15.2. The summed E-state index contributed by atoms with van der Waals surface area (Å²) in [6.07, 6.45) is 1.97. The van der Waals surface area contributed by atoms with Crippen molar-refractivity contribution in [3.05, 3.63) is 48.0 Å². The quantitative estimate of drug-likeness (QED) is 0.445. The lowest BCUT2D eigenvalue weighted by Crippen LogP contribution is -2.45. The fraction of sp³-hybridized carbons (Fsp3) is 0.375. The van der Waals surface area contributed by atoms with Crippen molar-refractivity contribution in [3.8, 4) is 17.2 Å². The van der Waals surface area contributed by atoms with E-state index in [0.29, 0.717) is 35.1 Å². The van der Waals surface area contributed by atoms with Gasteiger partial charge in [-0.05, 0) is 36.8 Å². The summed E-state index contributed by atoms with van der Waals surface area (Å²) in [6, 6.07) is 11.9. The van der Waals surface area contributed by atoms with E-state index in [1.54, 1.807) is 49.6 Å². The first kappa shape index (κ1) is 23.9. The third-order valence-corrected chi connectivity index (χ3v) is 5.34. The van der Waals surface area contributed by atoms with Crippen molar-refractivity contribution in [2.75, 3.05) is 32.3 Å². The molecule has 1 fully saturated rings. The van der Waals surface area contributed by atoms with E-state index in [4.69, 9.17) is 14.2 Å². The van der Waals surface area contributed by atoms with E-state index in [1.165, 1.54) is 12.0 Å². The van der Waals surface area contributed by atoms with Crippen LogP contribution in [0, 0.1) is 5.92 Å². The Morgan fingerprint density at radius 3 is 2.61 bits per heavy atom. The number of amides is 3. The zero-order chi connectivity index (χ0) is 23.8. The van der Waals surface area contributed by atoms with Gasteiger partial charge in [-0.15, -0.1) is 0 Å². The number of nitrogens with zero attached hydrogens (tertiary/aromatic N) is 1. The molecule has 0 aromatic heterocycles. The van der Waals surface area contributed by atoms with Gasteiger partial charge in [-0.2, -0.15) is 0 Å². The summed E-state index contributed by atoms with van der Waals surface area (Å²) in [5, 5.41) is 0. The average Bonchev–Trinajstić information content (AvgIpc) is 3.24. The molecule has 9 nitrogen and oxygen atoms in total. The lowest BCUT2D eigenvalue weighted by Gasteiger charge is -2.17. The van der Waals surface area contributed by atoms with Crippen molar-refractivity contribution in [1.29, 1.82) is 0 Å². The predicted molar refractivity (Wildman–Crippen MR) is 122 cm³/mol. The molecule has 1 unspecified atom stereocenters. The monoisotopic (exact) mass is 455 g/mol. The Kier molecular flexibility index (Phi) is 8.12. The molecular weight excluding hydrogens is 426 g/mol. The molecule has 2 N–H and O–H groups in total. The first-order valence-corrected chi connectivity index (χ1v) is 10.8. The van der Waals surface area contributed by atoms with Gasteiger partial charge >= 0.3 is 0 Å². The molecule has 1 heterocycles. The molecule has 1 saturated heterocycles. The highest BCUT2D eigenvalue weighted by Crippen LogP contribution is 2.29. The third kappa shape index (κ3) is 5.94. The van der Waals surface area contributed by atoms with Crippen LogP contribution in [-0.2, 0) is 9.59 Å². The molecule has 0 radical (unpaired) electrons. The van der Waals surface area contributed by atoms with Gasteiger partial charge in [0.05, 0.1) is 26.7 Å². The molecule has 176 valence electrons. The van der Waals surface area contributed by atoms with E-state index in [0.717, 1.165) is 12.8 Å². The molecule has 0 bridgehead atoms. The van der Waals surface area contributed by atoms with Gasteiger partial charge in [0, 0.05) is 30.3 Å². The van der Waals surface area contributed by atoms with Gasteiger partial charge in [-0.25, -0.2) is 0 Å². The van der Waals surface area contributed by atoms with Gasteiger partial charge in [0.1, 0.15) is 5.75 Å². The van der Waals surface area contributed by atoms with Gasteiger partial charge in [0.25, 0.3) is 5.91 Å². The Balaban J connectivity index is 1.57. The second-order valence-corrected chi connectivity index (χ2v) is 7.62. The number of carbonyl (C=O) groups excluding carboxylic acids is 3. The van der Waals surface area contributed by atoms with Crippen molar-refractivity contribution in [1.82, 2.24) is 10.9 Å². The number of rotatable bonds is 9. The van der Waals surface area contributed by atoms with Crippen LogP contribution in [-0.4, -0.2) is 45.1 Å². The fourth-order valence-electron chi connectivity index (χ4n) is 3.46. The minimum atomic E-state index is -0.590. The maximum atomic E-state index is 12.6. The summed E-state index contributed by atoms with van der Waals surface area (Å²) in [7, 11) is 3.04. The molecule has 2 aromatic rings. The van der Waals surface area contributed by atoms with Crippen LogP contribution in [0.15, 0.2) is 42.5 Å². The van der Waals surface area contributed by atoms with E-state index in [1.807, 2.05) is 0 Å². The van der Waals surface area contributed by atoms with E-state index < -0.39 is 17.7 Å². The number of hydrogen-bond donors (Lipinski definition) is 2. The highest BCUT2D eigenvalue weighted by atomic mass is 16.5. The van der Waals surface area contributed by atoms with Crippen LogP contribution in [0.3, 0.4) is 0 Å². The van der Waals surface area contributed by atoms with Crippen LogP contribution < -0.4 is 30.0 Å². The molecule has 0 aliphatic carbocycles. The van der Waals surface area contributed by atoms with Crippen LogP contribution in [0.1, 0.15) is 36.5 Å². The Morgan fingerprint density at radius 2 is 1.88 bits per heavy atom. The van der Waals surface area contributed by atoms with Crippen LogP contribution in [0.25, 0.3) is 0 Å². The Labute approximate surface area is 193 Å². The molecule has 0 saturated carbocycles.